The van der Waals surface area contributed by atoms with E-state index < -0.39 is 16.1 Å². The van der Waals surface area contributed by atoms with Gasteiger partial charge in [-0.15, -0.1) is 0 Å². The fourth-order valence-electron chi connectivity index (χ4n) is 1.98. The van der Waals surface area contributed by atoms with Gasteiger partial charge in [0.05, 0.1) is 12.1 Å². The lowest BCUT2D eigenvalue weighted by Gasteiger charge is -2.16. The predicted octanol–water partition coefficient (Wildman–Crippen LogP) is 1.81. The molecule has 6 nitrogen and oxygen atoms in total. The summed E-state index contributed by atoms with van der Waals surface area (Å²) >= 11 is 5.92. The van der Waals surface area contributed by atoms with Crippen molar-refractivity contribution in [3.8, 4) is 0 Å². The molecule has 22 heavy (non-hydrogen) atoms. The lowest BCUT2D eigenvalue weighted by atomic mass is 10.1. The number of carbonyl (C=O) groups is 1. The van der Waals surface area contributed by atoms with Crippen molar-refractivity contribution < 1.29 is 17.9 Å². The number of rotatable bonds is 8. The van der Waals surface area contributed by atoms with Gasteiger partial charge >= 0.3 is 5.97 Å². The minimum atomic E-state index is -3.84. The van der Waals surface area contributed by atoms with Crippen LogP contribution in [0.4, 0.5) is 0 Å². The van der Waals surface area contributed by atoms with Crippen LogP contribution >= 0.6 is 11.6 Å². The standard InChI is InChI=1S/C14H21ClN2O4S/c1-3-4-5-12(14(18)21-2)17-9-10-6-7-13(11(15)8-10)22(16,19)20/h6-8,12,17H,3-5,9H2,1-2H3,(H2,16,19,20)/t12-/m0/s1. The van der Waals surface area contributed by atoms with Gasteiger partial charge in [0.1, 0.15) is 10.9 Å². The molecule has 0 saturated heterocycles. The SMILES string of the molecule is CCCC[C@H](NCc1ccc(S(N)(=O)=O)c(Cl)c1)C(=O)OC. The Bertz CT molecular complexity index is 619. The zero-order valence-electron chi connectivity index (χ0n) is 12.6. The maximum Gasteiger partial charge on any atom is 0.322 e. The zero-order chi connectivity index (χ0) is 16.8. The summed E-state index contributed by atoms with van der Waals surface area (Å²) in [5, 5.41) is 8.21. The molecule has 0 aromatic heterocycles. The lowest BCUT2D eigenvalue weighted by Crippen LogP contribution is -2.37. The van der Waals surface area contributed by atoms with Crippen LogP contribution in [0.3, 0.4) is 0 Å². The number of methoxy groups -OCH3 is 1. The molecule has 1 rings (SSSR count). The van der Waals surface area contributed by atoms with E-state index in [-0.39, 0.29) is 15.9 Å². The fraction of sp³-hybridized carbons (Fsp3) is 0.500. The van der Waals surface area contributed by atoms with E-state index in [1.54, 1.807) is 6.07 Å². The molecule has 1 atom stereocenters. The van der Waals surface area contributed by atoms with Gasteiger partial charge in [0, 0.05) is 6.54 Å². The van der Waals surface area contributed by atoms with Gasteiger partial charge in [-0.3, -0.25) is 4.79 Å². The number of nitrogens with two attached hydrogens (primary N) is 1. The average molecular weight is 349 g/mol. The molecule has 124 valence electrons. The number of unbranched alkanes of at least 4 members (excludes halogenated alkanes) is 1. The van der Waals surface area contributed by atoms with Crippen LogP contribution in [0.25, 0.3) is 0 Å². The Balaban J connectivity index is 2.77. The van der Waals surface area contributed by atoms with Crippen LogP contribution in [0.5, 0.6) is 0 Å². The van der Waals surface area contributed by atoms with Crippen molar-refractivity contribution in [2.75, 3.05) is 7.11 Å². The average Bonchev–Trinajstić information content (AvgIpc) is 2.45. The third-order valence-electron chi connectivity index (χ3n) is 3.19. The predicted molar refractivity (Wildman–Crippen MR) is 85.0 cm³/mol. The van der Waals surface area contributed by atoms with Crippen molar-refractivity contribution in [3.63, 3.8) is 0 Å². The molecule has 8 heteroatoms. The molecule has 1 aromatic carbocycles. The molecule has 1 aromatic rings. The molecule has 0 unspecified atom stereocenters. The van der Waals surface area contributed by atoms with Crippen molar-refractivity contribution in [1.29, 1.82) is 0 Å². The third kappa shape index (κ3) is 5.57. The molecule has 0 aliphatic carbocycles. The van der Waals surface area contributed by atoms with Gasteiger partial charge in [0.2, 0.25) is 10.0 Å². The van der Waals surface area contributed by atoms with Crippen LogP contribution in [-0.2, 0) is 26.1 Å². The number of nitrogens with one attached hydrogen (secondary N) is 1. The topological polar surface area (TPSA) is 98.5 Å². The van der Waals surface area contributed by atoms with Gasteiger partial charge in [-0.25, -0.2) is 13.6 Å². The van der Waals surface area contributed by atoms with Crippen molar-refractivity contribution in [2.24, 2.45) is 5.14 Å². The zero-order valence-corrected chi connectivity index (χ0v) is 14.2. The van der Waals surface area contributed by atoms with Gasteiger partial charge in [-0.05, 0) is 24.1 Å². The smallest absolute Gasteiger partial charge is 0.322 e. The van der Waals surface area contributed by atoms with Crippen LogP contribution < -0.4 is 10.5 Å². The molecule has 0 aliphatic heterocycles. The fourth-order valence-corrected chi connectivity index (χ4v) is 3.09. The van der Waals surface area contributed by atoms with Gasteiger partial charge in [0.15, 0.2) is 0 Å². The first-order valence-corrected chi connectivity index (χ1v) is 8.84. The monoisotopic (exact) mass is 348 g/mol. The second-order valence-corrected chi connectivity index (χ2v) is 6.85. The quantitative estimate of drug-likeness (QED) is 0.698. The maximum absolute atomic E-state index is 11.7. The van der Waals surface area contributed by atoms with Crippen molar-refractivity contribution >= 4 is 27.6 Å². The normalized spacial score (nSPS) is 12.9. The van der Waals surface area contributed by atoms with Crippen LogP contribution in [0.15, 0.2) is 23.1 Å². The van der Waals surface area contributed by atoms with Crippen LogP contribution in [0.2, 0.25) is 5.02 Å². The summed E-state index contributed by atoms with van der Waals surface area (Å²) in [5.41, 5.74) is 0.753. The maximum atomic E-state index is 11.7. The molecule has 0 amide bonds. The molecular weight excluding hydrogens is 328 g/mol. The number of carbonyl (C=O) groups excluding carboxylic acids is 1. The van der Waals surface area contributed by atoms with Crippen LogP contribution in [-0.4, -0.2) is 27.5 Å². The van der Waals surface area contributed by atoms with Crippen molar-refractivity contribution in [1.82, 2.24) is 5.32 Å². The number of hydrogen-bond donors (Lipinski definition) is 2. The molecule has 3 N–H and O–H groups in total. The second-order valence-electron chi connectivity index (χ2n) is 4.91. The van der Waals surface area contributed by atoms with Crippen molar-refractivity contribution in [2.45, 2.75) is 43.7 Å². The Morgan fingerprint density at radius 1 is 1.45 bits per heavy atom. The molecule has 0 saturated carbocycles. The first-order chi connectivity index (χ1) is 10.3. The Kier molecular flexibility index (Phi) is 7.28. The van der Waals surface area contributed by atoms with E-state index in [1.807, 2.05) is 6.92 Å². The summed E-state index contributed by atoms with van der Waals surface area (Å²) in [6, 6.07) is 4.07. The summed E-state index contributed by atoms with van der Waals surface area (Å²) in [5.74, 6) is -0.319. The van der Waals surface area contributed by atoms with E-state index in [1.165, 1.54) is 19.2 Å². The highest BCUT2D eigenvalue weighted by atomic mass is 35.5. The molecular formula is C14H21ClN2O4S. The number of benzene rings is 1. The molecule has 0 bridgehead atoms. The van der Waals surface area contributed by atoms with Gasteiger partial charge in [0.25, 0.3) is 0 Å². The first kappa shape index (κ1) is 18.9. The van der Waals surface area contributed by atoms with Gasteiger partial charge in [-0.1, -0.05) is 37.4 Å². The number of primary sulfonamides is 1. The Labute approximate surface area is 136 Å². The number of sulfonamides is 1. The number of esters is 1. The Hall–Kier alpha value is -1.15. The van der Waals surface area contributed by atoms with Crippen LogP contribution in [0.1, 0.15) is 31.7 Å². The van der Waals surface area contributed by atoms with Crippen LogP contribution in [0, 0.1) is 0 Å². The summed E-state index contributed by atoms with van der Waals surface area (Å²) in [6.07, 6.45) is 2.55. The van der Waals surface area contributed by atoms with E-state index in [4.69, 9.17) is 21.5 Å². The first-order valence-electron chi connectivity index (χ1n) is 6.92. The van der Waals surface area contributed by atoms with Crippen molar-refractivity contribution in [3.05, 3.63) is 28.8 Å². The number of ether oxygens (including phenoxy) is 1. The van der Waals surface area contributed by atoms with E-state index >= 15 is 0 Å². The van der Waals surface area contributed by atoms with E-state index in [2.05, 4.69) is 5.32 Å². The Morgan fingerprint density at radius 2 is 2.14 bits per heavy atom. The second kappa shape index (κ2) is 8.47. The highest BCUT2D eigenvalue weighted by molar-refractivity contribution is 7.89. The number of hydrogen-bond acceptors (Lipinski definition) is 5. The molecule has 0 spiro atoms. The summed E-state index contributed by atoms with van der Waals surface area (Å²) in [4.78, 5) is 11.6. The summed E-state index contributed by atoms with van der Waals surface area (Å²) in [6.45, 7) is 2.41. The minimum absolute atomic E-state index is 0.0602. The number of halogens is 1. The highest BCUT2D eigenvalue weighted by Crippen LogP contribution is 2.21. The summed E-state index contributed by atoms with van der Waals surface area (Å²) in [7, 11) is -2.49. The van der Waals surface area contributed by atoms with Gasteiger partial charge in [-0.2, -0.15) is 0 Å². The highest BCUT2D eigenvalue weighted by Gasteiger charge is 2.18. The Morgan fingerprint density at radius 3 is 2.64 bits per heavy atom. The third-order valence-corrected chi connectivity index (χ3v) is 4.58. The minimum Gasteiger partial charge on any atom is -0.468 e. The molecule has 0 aliphatic rings. The van der Waals surface area contributed by atoms with E-state index in [0.717, 1.165) is 18.4 Å². The van der Waals surface area contributed by atoms with Gasteiger partial charge < -0.3 is 10.1 Å². The summed E-state index contributed by atoms with van der Waals surface area (Å²) < 4.78 is 27.4. The van der Waals surface area contributed by atoms with E-state index in [0.29, 0.717) is 13.0 Å². The molecule has 0 fully saturated rings. The largest absolute Gasteiger partial charge is 0.468 e. The van der Waals surface area contributed by atoms with E-state index in [9.17, 15) is 13.2 Å². The molecule has 0 heterocycles. The lowest BCUT2D eigenvalue weighted by molar-refractivity contribution is -0.143. The molecule has 0 radical (unpaired) electrons.